The Bertz CT molecular complexity index is 768. The predicted octanol–water partition coefficient (Wildman–Crippen LogP) is 0.121. The zero-order chi connectivity index (χ0) is 16.4. The summed E-state index contributed by atoms with van der Waals surface area (Å²) in [6, 6.07) is 6.26. The molecule has 7 nitrogen and oxygen atoms in total. The molecule has 1 aliphatic heterocycles. The van der Waals surface area contributed by atoms with Crippen LogP contribution in [0.1, 0.15) is 11.8 Å². The molecule has 0 atom stereocenters. The molecular weight excluding hydrogens is 340 g/mol. The van der Waals surface area contributed by atoms with Gasteiger partial charge in [0.15, 0.2) is 6.54 Å². The molecule has 0 aliphatic carbocycles. The van der Waals surface area contributed by atoms with E-state index in [4.69, 9.17) is 16.0 Å². The number of hydrogen-bond donors (Lipinski definition) is 1. The van der Waals surface area contributed by atoms with Crippen LogP contribution in [0.4, 0.5) is 0 Å². The van der Waals surface area contributed by atoms with Gasteiger partial charge in [0.1, 0.15) is 0 Å². The Morgan fingerprint density at radius 1 is 1.22 bits per heavy atom. The van der Waals surface area contributed by atoms with Gasteiger partial charge in [-0.2, -0.15) is 4.31 Å². The highest BCUT2D eigenvalue weighted by Crippen LogP contribution is 2.18. The summed E-state index contributed by atoms with van der Waals surface area (Å²) in [6.45, 7) is 4.71. The van der Waals surface area contributed by atoms with E-state index in [0.717, 1.165) is 0 Å². The van der Waals surface area contributed by atoms with Crippen molar-refractivity contribution in [2.45, 2.75) is 18.4 Å². The van der Waals surface area contributed by atoms with Crippen molar-refractivity contribution in [3.63, 3.8) is 0 Å². The summed E-state index contributed by atoms with van der Waals surface area (Å²) < 4.78 is 32.1. The highest BCUT2D eigenvalue weighted by molar-refractivity contribution is 7.89. The van der Waals surface area contributed by atoms with Crippen LogP contribution < -0.4 is 4.90 Å². The molecule has 1 aliphatic rings. The molecule has 0 saturated carbocycles. The van der Waals surface area contributed by atoms with E-state index in [1.807, 2.05) is 0 Å². The summed E-state index contributed by atoms with van der Waals surface area (Å²) in [5, 5.41) is 8.31. The van der Waals surface area contributed by atoms with Crippen LogP contribution >= 0.6 is 11.6 Å². The second-order valence-corrected chi connectivity index (χ2v) is 7.87. The van der Waals surface area contributed by atoms with Crippen molar-refractivity contribution < 1.29 is 17.7 Å². The molecule has 0 unspecified atom stereocenters. The molecule has 9 heteroatoms. The van der Waals surface area contributed by atoms with Crippen LogP contribution in [0, 0.1) is 6.92 Å². The van der Waals surface area contributed by atoms with Gasteiger partial charge in [0.05, 0.1) is 31.1 Å². The number of sulfonamides is 1. The number of nitrogens with zero attached hydrogens (tertiary/aromatic N) is 3. The van der Waals surface area contributed by atoms with Crippen LogP contribution in [0.25, 0.3) is 0 Å². The smallest absolute Gasteiger partial charge is 0.271 e. The maximum Gasteiger partial charge on any atom is 0.271 e. The van der Waals surface area contributed by atoms with E-state index in [0.29, 0.717) is 49.5 Å². The molecule has 23 heavy (non-hydrogen) atoms. The van der Waals surface area contributed by atoms with Crippen LogP contribution in [0.5, 0.6) is 0 Å². The number of hydrogen-bond acceptors (Lipinski definition) is 5. The van der Waals surface area contributed by atoms with Crippen molar-refractivity contribution in [1.29, 1.82) is 0 Å². The van der Waals surface area contributed by atoms with Crippen molar-refractivity contribution in [2.24, 2.45) is 0 Å². The van der Waals surface area contributed by atoms with Gasteiger partial charge in [-0.05, 0) is 24.3 Å². The summed E-state index contributed by atoms with van der Waals surface area (Å²) in [5.41, 5.74) is 0. The SMILES string of the molecule is Cc1nnc(C[NH+]2CCN(S(=O)(=O)c3ccc(Cl)cc3)CC2)o1. The molecule has 1 saturated heterocycles. The maximum absolute atomic E-state index is 12.6. The fourth-order valence-electron chi connectivity index (χ4n) is 2.60. The summed E-state index contributed by atoms with van der Waals surface area (Å²) in [6.07, 6.45) is 0. The second kappa shape index (κ2) is 6.56. The first kappa shape index (κ1) is 16.4. The summed E-state index contributed by atoms with van der Waals surface area (Å²) >= 11 is 5.81. The molecule has 0 spiro atoms. The number of rotatable bonds is 4. The third-order valence-electron chi connectivity index (χ3n) is 3.85. The molecule has 1 N–H and O–H groups in total. The number of aryl methyl sites for hydroxylation is 1. The average Bonchev–Trinajstić information content (AvgIpc) is 2.93. The molecule has 124 valence electrons. The van der Waals surface area contributed by atoms with Crippen LogP contribution in [0.15, 0.2) is 33.6 Å². The standard InChI is InChI=1S/C14H17ClN4O3S/c1-11-16-17-14(22-11)10-18-6-8-19(9-7-18)23(20,21)13-4-2-12(15)3-5-13/h2-5H,6-10H2,1H3/p+1. The lowest BCUT2D eigenvalue weighted by Gasteiger charge is -2.30. The van der Waals surface area contributed by atoms with E-state index < -0.39 is 10.0 Å². The molecule has 2 heterocycles. The number of aromatic nitrogens is 2. The summed E-state index contributed by atoms with van der Waals surface area (Å²) in [4.78, 5) is 1.51. The lowest BCUT2D eigenvalue weighted by Crippen LogP contribution is -3.13. The monoisotopic (exact) mass is 357 g/mol. The van der Waals surface area contributed by atoms with Gasteiger partial charge in [-0.3, -0.25) is 0 Å². The fourth-order valence-corrected chi connectivity index (χ4v) is 4.17. The molecule has 2 aromatic rings. The number of nitrogens with one attached hydrogen (secondary N) is 1. The number of piperazine rings is 1. The minimum atomic E-state index is -3.46. The molecule has 1 aromatic carbocycles. The van der Waals surface area contributed by atoms with Crippen molar-refractivity contribution in [3.05, 3.63) is 41.1 Å². The van der Waals surface area contributed by atoms with Crippen LogP contribution in [-0.4, -0.2) is 49.1 Å². The van der Waals surface area contributed by atoms with Gasteiger partial charge in [0, 0.05) is 11.9 Å². The van der Waals surface area contributed by atoms with Crippen molar-refractivity contribution in [2.75, 3.05) is 26.2 Å². The normalized spacial score (nSPS) is 17.5. The Balaban J connectivity index is 1.62. The quantitative estimate of drug-likeness (QED) is 0.840. The number of halogens is 1. The van der Waals surface area contributed by atoms with E-state index in [9.17, 15) is 8.42 Å². The molecule has 1 fully saturated rings. The zero-order valence-corrected chi connectivity index (χ0v) is 14.3. The van der Waals surface area contributed by atoms with E-state index in [1.54, 1.807) is 19.1 Å². The van der Waals surface area contributed by atoms with Crippen molar-refractivity contribution in [3.8, 4) is 0 Å². The van der Waals surface area contributed by atoms with Crippen molar-refractivity contribution >= 4 is 21.6 Å². The summed E-state index contributed by atoms with van der Waals surface area (Å²) in [7, 11) is -3.46. The third kappa shape index (κ3) is 3.72. The second-order valence-electron chi connectivity index (χ2n) is 5.50. The van der Waals surface area contributed by atoms with Gasteiger partial charge in [-0.1, -0.05) is 11.6 Å². The number of quaternary nitrogens is 1. The highest BCUT2D eigenvalue weighted by atomic mass is 35.5. The van der Waals surface area contributed by atoms with E-state index in [2.05, 4.69) is 10.2 Å². The first-order valence-electron chi connectivity index (χ1n) is 7.33. The zero-order valence-electron chi connectivity index (χ0n) is 12.7. The average molecular weight is 358 g/mol. The Morgan fingerprint density at radius 2 is 1.87 bits per heavy atom. The molecular formula is C14H18ClN4O3S+. The van der Waals surface area contributed by atoms with Gasteiger partial charge >= 0.3 is 0 Å². The van der Waals surface area contributed by atoms with Gasteiger partial charge in [0.2, 0.25) is 15.9 Å². The molecule has 3 rings (SSSR count). The molecule has 1 aromatic heterocycles. The Labute approximate surface area is 139 Å². The van der Waals surface area contributed by atoms with E-state index in [-0.39, 0.29) is 4.90 Å². The minimum Gasteiger partial charge on any atom is -0.420 e. The van der Waals surface area contributed by atoms with Gasteiger partial charge in [-0.25, -0.2) is 8.42 Å². The van der Waals surface area contributed by atoms with Crippen LogP contribution in [0.2, 0.25) is 5.02 Å². The van der Waals surface area contributed by atoms with Gasteiger partial charge < -0.3 is 9.32 Å². The minimum absolute atomic E-state index is 0.276. The topological polar surface area (TPSA) is 80.7 Å². The first-order valence-corrected chi connectivity index (χ1v) is 9.15. The highest BCUT2D eigenvalue weighted by Gasteiger charge is 2.30. The van der Waals surface area contributed by atoms with Gasteiger partial charge in [-0.15, -0.1) is 10.2 Å². The largest absolute Gasteiger partial charge is 0.420 e. The predicted molar refractivity (Wildman–Crippen MR) is 83.6 cm³/mol. The molecule has 0 bridgehead atoms. The summed E-state index contributed by atoms with van der Waals surface area (Å²) in [5.74, 6) is 1.13. The molecule has 0 radical (unpaired) electrons. The Hall–Kier alpha value is -1.48. The van der Waals surface area contributed by atoms with Crippen molar-refractivity contribution in [1.82, 2.24) is 14.5 Å². The number of benzene rings is 1. The van der Waals surface area contributed by atoms with Crippen LogP contribution in [-0.2, 0) is 16.6 Å². The van der Waals surface area contributed by atoms with Crippen LogP contribution in [0.3, 0.4) is 0 Å². The van der Waals surface area contributed by atoms with E-state index >= 15 is 0 Å². The lowest BCUT2D eigenvalue weighted by molar-refractivity contribution is -0.918. The Morgan fingerprint density at radius 3 is 2.43 bits per heavy atom. The maximum atomic E-state index is 12.6. The lowest BCUT2D eigenvalue weighted by atomic mass is 10.3. The fraction of sp³-hybridized carbons (Fsp3) is 0.429. The van der Waals surface area contributed by atoms with Gasteiger partial charge in [0.25, 0.3) is 5.89 Å². The third-order valence-corrected chi connectivity index (χ3v) is 6.01. The first-order chi connectivity index (χ1) is 10.9. The Kier molecular flexibility index (Phi) is 4.67. The molecule has 0 amide bonds. The van der Waals surface area contributed by atoms with E-state index in [1.165, 1.54) is 21.3 Å².